The van der Waals surface area contributed by atoms with E-state index in [9.17, 15) is 16.8 Å². The number of anilines is 1. The molecule has 0 heterocycles. The lowest BCUT2D eigenvalue weighted by atomic mass is 10.3. The molecule has 0 unspecified atom stereocenters. The molecule has 0 spiro atoms. The maximum Gasteiger partial charge on any atom is 0.232 e. The zero-order valence-corrected chi connectivity index (χ0v) is 11.6. The van der Waals surface area contributed by atoms with E-state index in [4.69, 9.17) is 5.73 Å². The molecule has 3 N–H and O–H groups in total. The summed E-state index contributed by atoms with van der Waals surface area (Å²) in [6.07, 6.45) is 1.46. The molecule has 0 atom stereocenters. The molecule has 6 nitrogen and oxygen atoms in total. The average molecular weight is 292 g/mol. The van der Waals surface area contributed by atoms with E-state index in [0.717, 1.165) is 6.26 Å². The van der Waals surface area contributed by atoms with Crippen molar-refractivity contribution in [3.05, 3.63) is 24.3 Å². The quantitative estimate of drug-likeness (QED) is 0.778. The Hall–Kier alpha value is -1.12. The fraction of sp³-hybridized carbons (Fsp3) is 0.400. The summed E-state index contributed by atoms with van der Waals surface area (Å²) in [6, 6.07) is 5.54. The molecule has 18 heavy (non-hydrogen) atoms. The Bertz CT molecular complexity index is 591. The highest BCUT2D eigenvalue weighted by Gasteiger charge is 2.11. The van der Waals surface area contributed by atoms with Crippen LogP contribution in [0.15, 0.2) is 29.2 Å². The number of rotatable bonds is 6. The highest BCUT2D eigenvalue weighted by atomic mass is 32.2. The Morgan fingerprint density at radius 2 is 1.67 bits per heavy atom. The predicted octanol–water partition coefficient (Wildman–Crippen LogP) is 0.181. The van der Waals surface area contributed by atoms with E-state index in [-0.39, 0.29) is 10.6 Å². The molecule has 0 saturated carbocycles. The van der Waals surface area contributed by atoms with Gasteiger partial charge in [0, 0.05) is 11.9 Å². The summed E-state index contributed by atoms with van der Waals surface area (Å²) in [7, 11) is -6.70. The van der Waals surface area contributed by atoms with E-state index < -0.39 is 19.9 Å². The summed E-state index contributed by atoms with van der Waals surface area (Å²) >= 11 is 0. The lowest BCUT2D eigenvalue weighted by molar-refractivity contribution is 0.598. The summed E-state index contributed by atoms with van der Waals surface area (Å²) in [5, 5.41) is 0. The molecule has 0 radical (unpaired) electrons. The molecule has 0 amide bonds. The molecular formula is C10H16N2O4S2. The molecule has 0 bridgehead atoms. The minimum absolute atomic E-state index is 0.0582. The molecule has 0 aliphatic rings. The topological polar surface area (TPSA) is 106 Å². The van der Waals surface area contributed by atoms with Gasteiger partial charge in [0.15, 0.2) is 9.84 Å². The van der Waals surface area contributed by atoms with Crippen LogP contribution in [0.2, 0.25) is 0 Å². The third kappa shape index (κ3) is 4.63. The van der Waals surface area contributed by atoms with Gasteiger partial charge in [-0.2, -0.15) is 0 Å². The Labute approximate surface area is 107 Å². The first-order valence-electron chi connectivity index (χ1n) is 5.25. The van der Waals surface area contributed by atoms with Crippen molar-refractivity contribution in [2.24, 2.45) is 5.73 Å². The van der Waals surface area contributed by atoms with E-state index in [0.29, 0.717) is 18.7 Å². The average Bonchev–Trinajstić information content (AvgIpc) is 2.25. The van der Waals surface area contributed by atoms with E-state index in [2.05, 4.69) is 4.72 Å². The third-order valence-electron chi connectivity index (χ3n) is 2.17. The number of hydrogen-bond acceptors (Lipinski definition) is 5. The Balaban J connectivity index is 2.82. The van der Waals surface area contributed by atoms with Gasteiger partial charge in [0.2, 0.25) is 10.0 Å². The van der Waals surface area contributed by atoms with Crippen LogP contribution >= 0.6 is 0 Å². The molecule has 0 saturated heterocycles. The molecule has 0 aromatic heterocycles. The molecule has 0 fully saturated rings. The molecule has 8 heteroatoms. The minimum Gasteiger partial charge on any atom is -0.330 e. The molecule has 0 aliphatic carbocycles. The SMILES string of the molecule is CS(=O)(=O)c1ccc(NS(=O)(=O)CCCN)cc1. The van der Waals surface area contributed by atoms with Crippen molar-refractivity contribution in [2.45, 2.75) is 11.3 Å². The minimum atomic E-state index is -3.42. The summed E-state index contributed by atoms with van der Waals surface area (Å²) < 4.78 is 47.9. The number of nitrogens with two attached hydrogens (primary N) is 1. The second kappa shape index (κ2) is 5.68. The predicted molar refractivity (Wildman–Crippen MR) is 70.6 cm³/mol. The van der Waals surface area contributed by atoms with E-state index in [1.807, 2.05) is 0 Å². The van der Waals surface area contributed by atoms with Gasteiger partial charge in [-0.3, -0.25) is 4.72 Å². The molecule has 0 aliphatic heterocycles. The summed E-state index contributed by atoms with van der Waals surface area (Å²) in [4.78, 5) is 0.146. The van der Waals surface area contributed by atoms with E-state index in [1.54, 1.807) is 0 Å². The monoisotopic (exact) mass is 292 g/mol. The van der Waals surface area contributed by atoms with Crippen LogP contribution in [0.5, 0.6) is 0 Å². The molecule has 1 rings (SSSR count). The van der Waals surface area contributed by atoms with Crippen molar-refractivity contribution in [3.8, 4) is 0 Å². The van der Waals surface area contributed by atoms with Gasteiger partial charge in [-0.05, 0) is 37.2 Å². The third-order valence-corrected chi connectivity index (χ3v) is 4.67. The summed E-state index contributed by atoms with van der Waals surface area (Å²) in [6.45, 7) is 0.300. The van der Waals surface area contributed by atoms with Gasteiger partial charge in [-0.25, -0.2) is 16.8 Å². The lowest BCUT2D eigenvalue weighted by Gasteiger charge is -2.07. The molecule has 102 valence electrons. The van der Waals surface area contributed by atoms with Gasteiger partial charge >= 0.3 is 0 Å². The second-order valence-corrected chi connectivity index (χ2v) is 7.72. The first-order valence-corrected chi connectivity index (χ1v) is 8.80. The normalized spacial score (nSPS) is 12.3. The Morgan fingerprint density at radius 3 is 2.11 bits per heavy atom. The van der Waals surface area contributed by atoms with E-state index in [1.165, 1.54) is 24.3 Å². The highest BCUT2D eigenvalue weighted by molar-refractivity contribution is 7.92. The van der Waals surface area contributed by atoms with Crippen molar-refractivity contribution in [1.29, 1.82) is 0 Å². The van der Waals surface area contributed by atoms with Gasteiger partial charge in [-0.15, -0.1) is 0 Å². The van der Waals surface area contributed by atoms with Crippen LogP contribution in [0.1, 0.15) is 6.42 Å². The standard InChI is InChI=1S/C10H16N2O4S2/c1-17(13,14)10-5-3-9(4-6-10)12-18(15,16)8-2-7-11/h3-6,12H,2,7-8,11H2,1H3. The summed E-state index contributed by atoms with van der Waals surface area (Å²) in [5.74, 6) is -0.0582. The van der Waals surface area contributed by atoms with E-state index >= 15 is 0 Å². The number of hydrogen-bond donors (Lipinski definition) is 2. The van der Waals surface area contributed by atoms with Crippen LogP contribution in [0.25, 0.3) is 0 Å². The van der Waals surface area contributed by atoms with Gasteiger partial charge in [0.1, 0.15) is 0 Å². The number of sulfonamides is 1. The maximum atomic E-state index is 11.6. The van der Waals surface area contributed by atoms with Crippen LogP contribution in [0, 0.1) is 0 Å². The van der Waals surface area contributed by atoms with Crippen molar-refractivity contribution < 1.29 is 16.8 Å². The van der Waals surface area contributed by atoms with Gasteiger partial charge < -0.3 is 5.73 Å². The van der Waals surface area contributed by atoms with Crippen molar-refractivity contribution in [3.63, 3.8) is 0 Å². The van der Waals surface area contributed by atoms with Crippen molar-refractivity contribution >= 4 is 25.5 Å². The van der Waals surface area contributed by atoms with Gasteiger partial charge in [-0.1, -0.05) is 0 Å². The van der Waals surface area contributed by atoms with Gasteiger partial charge in [0.25, 0.3) is 0 Å². The van der Waals surface area contributed by atoms with Gasteiger partial charge in [0.05, 0.1) is 10.6 Å². The fourth-order valence-corrected chi connectivity index (χ4v) is 3.05. The van der Waals surface area contributed by atoms with Crippen LogP contribution in [0.3, 0.4) is 0 Å². The first-order chi connectivity index (χ1) is 8.24. The van der Waals surface area contributed by atoms with Crippen molar-refractivity contribution in [2.75, 3.05) is 23.3 Å². The first kappa shape index (κ1) is 14.9. The largest absolute Gasteiger partial charge is 0.330 e. The molecule has 1 aromatic carbocycles. The summed E-state index contributed by atoms with van der Waals surface area (Å²) in [5.41, 5.74) is 5.57. The zero-order valence-electron chi connectivity index (χ0n) is 9.96. The molecule has 1 aromatic rings. The van der Waals surface area contributed by atoms with Crippen LogP contribution in [-0.2, 0) is 19.9 Å². The number of sulfone groups is 1. The van der Waals surface area contributed by atoms with Crippen molar-refractivity contribution in [1.82, 2.24) is 0 Å². The number of benzene rings is 1. The Kier molecular flexibility index (Phi) is 4.71. The highest BCUT2D eigenvalue weighted by Crippen LogP contribution is 2.15. The fourth-order valence-electron chi connectivity index (χ4n) is 1.27. The number of nitrogens with one attached hydrogen (secondary N) is 1. The zero-order chi connectivity index (χ0) is 13.8. The van der Waals surface area contributed by atoms with Crippen LogP contribution in [-0.4, -0.2) is 35.4 Å². The second-order valence-electron chi connectivity index (χ2n) is 3.86. The maximum absolute atomic E-state index is 11.6. The molecular weight excluding hydrogens is 276 g/mol. The lowest BCUT2D eigenvalue weighted by Crippen LogP contribution is -2.18. The Morgan fingerprint density at radius 1 is 1.11 bits per heavy atom. The van der Waals surface area contributed by atoms with Crippen LogP contribution in [0.4, 0.5) is 5.69 Å². The van der Waals surface area contributed by atoms with Crippen LogP contribution < -0.4 is 10.5 Å². The smallest absolute Gasteiger partial charge is 0.232 e.